The summed E-state index contributed by atoms with van der Waals surface area (Å²) in [6, 6.07) is 0. The minimum Gasteiger partial charge on any atom is -0.369 e. The van der Waals surface area contributed by atoms with Crippen LogP contribution in [0.1, 0.15) is 46.5 Å². The molecular formula is C15H31ClN2O2. The van der Waals surface area contributed by atoms with E-state index in [1.165, 1.54) is 0 Å². The summed E-state index contributed by atoms with van der Waals surface area (Å²) in [7, 11) is 0. The van der Waals surface area contributed by atoms with Crippen LogP contribution in [0.15, 0.2) is 0 Å². The number of carbonyl (C=O) groups is 1. The molecule has 1 saturated heterocycles. The van der Waals surface area contributed by atoms with Gasteiger partial charge in [0, 0.05) is 19.7 Å². The number of ether oxygens (including phenoxy) is 1. The number of amides is 1. The van der Waals surface area contributed by atoms with Gasteiger partial charge < -0.3 is 15.0 Å². The summed E-state index contributed by atoms with van der Waals surface area (Å²) in [4.78, 5) is 14.2. The molecule has 0 spiro atoms. The van der Waals surface area contributed by atoms with Crippen LogP contribution < -0.4 is 5.32 Å². The summed E-state index contributed by atoms with van der Waals surface area (Å²) in [5, 5.41) is 3.39. The maximum atomic E-state index is 12.2. The van der Waals surface area contributed by atoms with Crippen LogP contribution in [0.5, 0.6) is 0 Å². The summed E-state index contributed by atoms with van der Waals surface area (Å²) in [6.45, 7) is 10.7. The van der Waals surface area contributed by atoms with Gasteiger partial charge in [0.15, 0.2) is 0 Å². The fraction of sp³-hybridized carbons (Fsp3) is 0.933. The van der Waals surface area contributed by atoms with Crippen molar-refractivity contribution in [3.8, 4) is 0 Å². The zero-order valence-corrected chi connectivity index (χ0v) is 14.0. The number of piperidine rings is 1. The van der Waals surface area contributed by atoms with E-state index in [0.717, 1.165) is 57.8 Å². The molecular weight excluding hydrogens is 276 g/mol. The lowest BCUT2D eigenvalue weighted by Gasteiger charge is -2.33. The predicted molar refractivity (Wildman–Crippen MR) is 85.4 cm³/mol. The smallest absolute Gasteiger partial charge is 0.251 e. The molecule has 1 heterocycles. The van der Waals surface area contributed by atoms with Gasteiger partial charge in [0.1, 0.15) is 6.10 Å². The molecule has 0 aliphatic carbocycles. The first-order chi connectivity index (χ1) is 9.19. The molecule has 0 saturated carbocycles. The fourth-order valence-electron chi connectivity index (χ4n) is 2.44. The first-order valence-electron chi connectivity index (χ1n) is 7.80. The molecule has 1 N–H and O–H groups in total. The van der Waals surface area contributed by atoms with Crippen molar-refractivity contribution < 1.29 is 9.53 Å². The number of halogens is 1. The van der Waals surface area contributed by atoms with Crippen LogP contribution in [0.4, 0.5) is 0 Å². The van der Waals surface area contributed by atoms with Gasteiger partial charge in [-0.1, -0.05) is 20.3 Å². The van der Waals surface area contributed by atoms with E-state index in [1.807, 2.05) is 11.8 Å². The van der Waals surface area contributed by atoms with Crippen molar-refractivity contribution in [3.63, 3.8) is 0 Å². The molecule has 1 unspecified atom stereocenters. The molecule has 0 radical (unpaired) electrons. The van der Waals surface area contributed by atoms with Gasteiger partial charge in [0.25, 0.3) is 5.91 Å². The Morgan fingerprint density at radius 1 is 1.35 bits per heavy atom. The molecule has 1 rings (SSSR count). The third kappa shape index (κ3) is 6.91. The number of rotatable bonds is 8. The minimum atomic E-state index is -0.281. The average Bonchev–Trinajstić information content (AvgIpc) is 2.45. The highest BCUT2D eigenvalue weighted by atomic mass is 35.5. The third-order valence-corrected chi connectivity index (χ3v) is 3.82. The van der Waals surface area contributed by atoms with E-state index in [9.17, 15) is 4.79 Å². The van der Waals surface area contributed by atoms with E-state index >= 15 is 0 Å². The average molecular weight is 307 g/mol. The highest BCUT2D eigenvalue weighted by Crippen LogP contribution is 2.17. The molecule has 5 heteroatoms. The number of hydrogen-bond acceptors (Lipinski definition) is 3. The number of hydrogen-bond donors (Lipinski definition) is 1. The van der Waals surface area contributed by atoms with Crippen LogP contribution in [0.2, 0.25) is 0 Å². The van der Waals surface area contributed by atoms with E-state index in [1.54, 1.807) is 0 Å². The third-order valence-electron chi connectivity index (χ3n) is 3.82. The lowest BCUT2D eigenvalue weighted by molar-refractivity contribution is -0.144. The summed E-state index contributed by atoms with van der Waals surface area (Å²) >= 11 is 0. The van der Waals surface area contributed by atoms with E-state index in [4.69, 9.17) is 4.74 Å². The van der Waals surface area contributed by atoms with E-state index in [0.29, 0.717) is 6.61 Å². The zero-order valence-electron chi connectivity index (χ0n) is 13.2. The van der Waals surface area contributed by atoms with Crippen LogP contribution in [-0.2, 0) is 9.53 Å². The van der Waals surface area contributed by atoms with Gasteiger partial charge in [-0.15, -0.1) is 12.4 Å². The molecule has 1 atom stereocenters. The SMILES string of the molecule is CCCCOC(C)C(=O)N1CCC(CNCC)CC1.Cl. The van der Waals surface area contributed by atoms with Crippen molar-refractivity contribution in [1.82, 2.24) is 10.2 Å². The normalized spacial score (nSPS) is 17.6. The van der Waals surface area contributed by atoms with Crippen LogP contribution in [0.25, 0.3) is 0 Å². The Kier molecular flexibility index (Phi) is 11.2. The molecule has 0 aromatic carbocycles. The van der Waals surface area contributed by atoms with Crippen LogP contribution >= 0.6 is 12.4 Å². The molecule has 1 aliphatic heterocycles. The van der Waals surface area contributed by atoms with Gasteiger partial charge in [-0.25, -0.2) is 0 Å². The molecule has 0 bridgehead atoms. The number of carbonyl (C=O) groups excluding carboxylic acids is 1. The lowest BCUT2D eigenvalue weighted by Crippen LogP contribution is -2.45. The van der Waals surface area contributed by atoms with Gasteiger partial charge in [-0.05, 0) is 45.2 Å². The Morgan fingerprint density at radius 2 is 2.00 bits per heavy atom. The highest BCUT2D eigenvalue weighted by Gasteiger charge is 2.25. The second-order valence-corrected chi connectivity index (χ2v) is 5.44. The minimum absolute atomic E-state index is 0. The second-order valence-electron chi connectivity index (χ2n) is 5.44. The van der Waals surface area contributed by atoms with Crippen LogP contribution in [0, 0.1) is 5.92 Å². The summed E-state index contributed by atoms with van der Waals surface area (Å²) in [6.07, 6.45) is 4.08. The van der Waals surface area contributed by atoms with Crippen LogP contribution in [-0.4, -0.2) is 49.7 Å². The highest BCUT2D eigenvalue weighted by molar-refractivity contribution is 5.85. The topological polar surface area (TPSA) is 41.6 Å². The van der Waals surface area contributed by atoms with E-state index in [2.05, 4.69) is 19.2 Å². The van der Waals surface area contributed by atoms with Gasteiger partial charge in [-0.3, -0.25) is 4.79 Å². The van der Waals surface area contributed by atoms with Crippen molar-refractivity contribution in [2.45, 2.75) is 52.6 Å². The van der Waals surface area contributed by atoms with Crippen molar-refractivity contribution in [2.75, 3.05) is 32.8 Å². The molecule has 1 aliphatic rings. The number of likely N-dealkylation sites (tertiary alicyclic amines) is 1. The molecule has 20 heavy (non-hydrogen) atoms. The summed E-state index contributed by atoms with van der Waals surface area (Å²) in [5.41, 5.74) is 0. The quantitative estimate of drug-likeness (QED) is 0.700. The van der Waals surface area contributed by atoms with E-state index in [-0.39, 0.29) is 24.4 Å². The standard InChI is InChI=1S/C15H30N2O2.ClH/c1-4-6-11-19-13(3)15(18)17-9-7-14(8-10-17)12-16-5-2;/h13-14,16H,4-12H2,1-3H3;1H. The Morgan fingerprint density at radius 3 is 2.55 bits per heavy atom. The molecule has 1 fully saturated rings. The van der Waals surface area contributed by atoms with Gasteiger partial charge in [0.2, 0.25) is 0 Å². The molecule has 1 amide bonds. The Bertz CT molecular complexity index is 256. The number of nitrogens with zero attached hydrogens (tertiary/aromatic N) is 1. The second kappa shape index (κ2) is 11.4. The summed E-state index contributed by atoms with van der Waals surface area (Å²) < 4.78 is 5.59. The predicted octanol–water partition coefficient (Wildman–Crippen LogP) is 2.46. The van der Waals surface area contributed by atoms with Gasteiger partial charge >= 0.3 is 0 Å². The fourth-order valence-corrected chi connectivity index (χ4v) is 2.44. The number of unbranched alkanes of at least 4 members (excludes halogenated alkanes) is 1. The van der Waals surface area contributed by atoms with E-state index < -0.39 is 0 Å². The number of nitrogens with one attached hydrogen (secondary N) is 1. The molecule has 0 aromatic rings. The van der Waals surface area contributed by atoms with Crippen LogP contribution in [0.3, 0.4) is 0 Å². The zero-order chi connectivity index (χ0) is 14.1. The monoisotopic (exact) mass is 306 g/mol. The molecule has 4 nitrogen and oxygen atoms in total. The molecule has 0 aromatic heterocycles. The first kappa shape index (κ1) is 19.7. The maximum Gasteiger partial charge on any atom is 0.251 e. The summed E-state index contributed by atoms with van der Waals surface area (Å²) in [5.74, 6) is 0.887. The van der Waals surface area contributed by atoms with Crippen molar-refractivity contribution in [2.24, 2.45) is 5.92 Å². The van der Waals surface area contributed by atoms with Crippen molar-refractivity contribution in [3.05, 3.63) is 0 Å². The largest absolute Gasteiger partial charge is 0.369 e. The molecule has 120 valence electrons. The van der Waals surface area contributed by atoms with Crippen molar-refractivity contribution in [1.29, 1.82) is 0 Å². The first-order valence-corrected chi connectivity index (χ1v) is 7.80. The van der Waals surface area contributed by atoms with Crippen molar-refractivity contribution >= 4 is 18.3 Å². The Hall–Kier alpha value is -0.320. The van der Waals surface area contributed by atoms with Gasteiger partial charge in [0.05, 0.1) is 0 Å². The Balaban J connectivity index is 0.00000361. The van der Waals surface area contributed by atoms with Gasteiger partial charge in [-0.2, -0.15) is 0 Å². The maximum absolute atomic E-state index is 12.2. The lowest BCUT2D eigenvalue weighted by atomic mass is 9.96. The Labute approximate surface area is 130 Å².